The number of anilines is 2. The van der Waals surface area contributed by atoms with E-state index in [2.05, 4.69) is 39.9 Å². The summed E-state index contributed by atoms with van der Waals surface area (Å²) in [5, 5.41) is 37.1. The first-order valence-corrected chi connectivity index (χ1v) is 42.8. The molecule has 0 atom stereocenters. The van der Waals surface area contributed by atoms with Crippen LogP contribution in [0.3, 0.4) is 0 Å². The lowest BCUT2D eigenvalue weighted by molar-refractivity contribution is -0.511. The number of carbonyl (C=O) groups is 4. The molecule has 118 heavy (non-hydrogen) atoms. The Hall–Kier alpha value is -8.38. The van der Waals surface area contributed by atoms with E-state index >= 15 is 0 Å². The Balaban J connectivity index is 0.000000480. The molecule has 0 saturated carbocycles. The first-order chi connectivity index (χ1) is 53.7. The number of nitrogens with zero attached hydrogens (tertiary/aromatic N) is 13. The number of benzene rings is 2. The maximum atomic E-state index is 12.1. The number of hydrogen-bond donors (Lipinski definition) is 6. The SMILES string of the molecule is C.CN(C)c1cc[n+](S(=O)(=O)N=C([O-])OC(C)(C)C)cc1.CN(CCC1CN(C(=O)OC(C)(C)C)C1)S(=O)(=O)NC(=O)OC(C)(C)C.CN(CCC1CNC1)S(N)(=O)=O.CNCCC1CN(C(=O)OC(C)(C)C)C1.COc1ccc2c(Cl)ncnc2c1.COc1ccc2c(N3CC(CCN(C)S(N)(=O)=O)C3)ncnc2c1.O=C(O)C(F)(F)F. The molecule has 8 N–H and O–H groups in total. The topological polar surface area (TPSA) is 482 Å². The van der Waals surface area contributed by atoms with Gasteiger partial charge in [0.1, 0.15) is 51.9 Å². The minimum absolute atomic E-state index is 0. The van der Waals surface area contributed by atoms with Crippen molar-refractivity contribution in [2.45, 2.75) is 145 Å². The predicted octanol–water partition coefficient (Wildman–Crippen LogP) is 5.96. The summed E-state index contributed by atoms with van der Waals surface area (Å²) in [7, 11) is -1.91. The van der Waals surface area contributed by atoms with E-state index in [0.29, 0.717) is 55.5 Å². The van der Waals surface area contributed by atoms with Crippen molar-refractivity contribution < 1.29 is 109 Å². The second-order valence-electron chi connectivity index (χ2n) is 31.5. The molecule has 4 fully saturated rings. The van der Waals surface area contributed by atoms with Crippen LogP contribution in [0, 0.1) is 23.7 Å². The van der Waals surface area contributed by atoms with Crippen LogP contribution in [-0.4, -0.2) is 275 Å². The van der Waals surface area contributed by atoms with E-state index in [9.17, 15) is 66.3 Å². The van der Waals surface area contributed by atoms with Crippen LogP contribution in [0.25, 0.3) is 21.8 Å². The Morgan fingerprint density at radius 3 is 1.40 bits per heavy atom. The third-order valence-electron chi connectivity index (χ3n) is 16.6. The van der Waals surface area contributed by atoms with Gasteiger partial charge in [0.05, 0.1) is 25.3 Å². The van der Waals surface area contributed by atoms with Crippen LogP contribution in [-0.2, 0) is 64.6 Å². The van der Waals surface area contributed by atoms with E-state index < -0.39 is 82.0 Å². The lowest BCUT2D eigenvalue weighted by atomic mass is 9.96. The summed E-state index contributed by atoms with van der Waals surface area (Å²) in [5.74, 6) is 1.56. The van der Waals surface area contributed by atoms with Crippen LogP contribution < -0.4 is 54.0 Å². The summed E-state index contributed by atoms with van der Waals surface area (Å²) in [6.45, 7) is 29.6. The Morgan fingerprint density at radius 2 is 1.01 bits per heavy atom. The van der Waals surface area contributed by atoms with Crippen molar-refractivity contribution in [3.8, 4) is 11.5 Å². The molecule has 0 spiro atoms. The number of amides is 3. The number of ether oxygens (including phenoxy) is 6. The molecule has 0 unspecified atom stereocenters. The van der Waals surface area contributed by atoms with Gasteiger partial charge in [0.15, 0.2) is 18.5 Å². The van der Waals surface area contributed by atoms with Gasteiger partial charge in [-0.25, -0.2) is 54.1 Å². The van der Waals surface area contributed by atoms with Gasteiger partial charge in [0, 0.05) is 140 Å². The van der Waals surface area contributed by atoms with Crippen molar-refractivity contribution in [2.24, 2.45) is 38.3 Å². The zero-order valence-electron chi connectivity index (χ0n) is 69.9. The number of nitrogens with one attached hydrogen (secondary N) is 3. The van der Waals surface area contributed by atoms with Gasteiger partial charge >= 0.3 is 50.8 Å². The number of carboxylic acid groups (broad SMARTS) is 1. The van der Waals surface area contributed by atoms with Crippen molar-refractivity contribution in [2.75, 3.05) is 145 Å². The maximum Gasteiger partial charge on any atom is 0.493 e. The van der Waals surface area contributed by atoms with Crippen LogP contribution in [0.2, 0.25) is 5.15 Å². The number of likely N-dealkylation sites (tertiary alicyclic amines) is 2. The zero-order chi connectivity index (χ0) is 89.2. The number of carbonyl (C=O) groups excluding carboxylic acids is 3. The van der Waals surface area contributed by atoms with Crippen LogP contribution in [0.1, 0.15) is 116 Å². The molecule has 5 aromatic rings. The fraction of sp³-hybridized carbons (Fsp3) is 0.639. The highest BCUT2D eigenvalue weighted by Gasteiger charge is 2.39. The van der Waals surface area contributed by atoms with Gasteiger partial charge < -0.3 is 68.9 Å². The van der Waals surface area contributed by atoms with E-state index in [1.54, 1.807) is 105 Å². The van der Waals surface area contributed by atoms with E-state index in [0.717, 1.165) is 118 Å². The molecule has 670 valence electrons. The Kier molecular flexibility index (Phi) is 41.1. The fourth-order valence-electron chi connectivity index (χ4n) is 10.0. The van der Waals surface area contributed by atoms with Gasteiger partial charge in [0.2, 0.25) is 0 Å². The van der Waals surface area contributed by atoms with Crippen molar-refractivity contribution in [1.82, 2.24) is 58.0 Å². The normalized spacial score (nSPS) is 15.0. The first kappa shape index (κ1) is 106. The molecular formula is C72H120ClF3N18O20S4. The Bertz CT molecular complexity index is 4540. The molecule has 9 rings (SSSR count). The van der Waals surface area contributed by atoms with E-state index in [-0.39, 0.29) is 37.7 Å². The average molecular weight is 1780 g/mol. The van der Waals surface area contributed by atoms with Crippen molar-refractivity contribution >= 4 is 116 Å². The van der Waals surface area contributed by atoms with Crippen LogP contribution in [0.5, 0.6) is 11.5 Å². The molecule has 2 aromatic carbocycles. The summed E-state index contributed by atoms with van der Waals surface area (Å²) in [5.41, 5.74) is -0.0355. The number of halogens is 4. The summed E-state index contributed by atoms with van der Waals surface area (Å²) >= 11 is 5.86. The van der Waals surface area contributed by atoms with E-state index in [1.807, 2.05) is 87.9 Å². The minimum Gasteiger partial charge on any atom is -0.594 e. The molecule has 0 aliphatic carbocycles. The predicted molar refractivity (Wildman–Crippen MR) is 441 cm³/mol. The largest absolute Gasteiger partial charge is 0.594 e. The Labute approximate surface area is 697 Å². The molecular weight excluding hydrogens is 1660 g/mol. The molecule has 0 radical (unpaired) electrons. The van der Waals surface area contributed by atoms with E-state index in [4.69, 9.17) is 60.2 Å². The number of rotatable bonds is 22. The van der Waals surface area contributed by atoms with Crippen LogP contribution in [0.4, 0.5) is 39.1 Å². The zero-order valence-corrected chi connectivity index (χ0v) is 73.9. The highest BCUT2D eigenvalue weighted by Crippen LogP contribution is 2.33. The number of aliphatic carboxylic acids is 1. The van der Waals surface area contributed by atoms with Gasteiger partial charge in [-0.2, -0.15) is 51.3 Å². The second kappa shape index (κ2) is 45.9. The van der Waals surface area contributed by atoms with Gasteiger partial charge in [-0.15, -0.1) is 8.42 Å². The standard InChI is InChI=1S/C16H31N3O6S.C15H21N5O3S.C12H19N3O4S.C11H22N2O2.C9H7ClN2O.C6H15N3O2S.C2HF3O2.CH4/c1-15(2,3)24-13(20)17-26(22,23)18(7)9-8-12-10-19(11-12)14(21)25-16(4,5)6;1-19(24(16,21)22)6-5-11-8-20(9-11)15-13-4-3-12(23-2)7-14(13)17-10-18-15;1-12(2,3)19-11(16)13-20(17,18)15-8-6-10(7-9-15)14(4)5;1-11(2,3)15-10(14)13-7-9(8-13)5-6-12-4;1-13-6-2-3-7-8(4-6)11-5-12-9(7)10;1-9(12(7,10)11)3-2-6-4-8-5-6;3-2(4,5)1(6)7;/h12H,8-11H2,1-7H3,(H,17,20);3-4,7,10-11H,5-6,8-9H2,1-2H3,(H2,16,21,22);6-9H,1-5H3;9,12H,5-8H2,1-4H3;2-5H,1H3;6,8H,2-5H2,1H3,(H2,7,10,11);(H,6,7);1H4. The van der Waals surface area contributed by atoms with Crippen LogP contribution >= 0.6 is 11.6 Å². The third kappa shape index (κ3) is 39.2. The smallest absolute Gasteiger partial charge is 0.493 e. The lowest BCUT2D eigenvalue weighted by Gasteiger charge is -2.41. The van der Waals surface area contributed by atoms with Gasteiger partial charge in [-0.3, -0.25) is 0 Å². The van der Waals surface area contributed by atoms with Crippen molar-refractivity contribution in [3.05, 3.63) is 78.7 Å². The lowest BCUT2D eigenvalue weighted by Crippen LogP contribution is -2.52. The third-order valence-corrected chi connectivity index (χ3v) is 21.6. The number of methoxy groups -OCH3 is 2. The highest BCUT2D eigenvalue weighted by molar-refractivity contribution is 7.87. The van der Waals surface area contributed by atoms with Gasteiger partial charge in [-0.1, -0.05) is 48.2 Å². The maximum absolute atomic E-state index is 12.1. The summed E-state index contributed by atoms with van der Waals surface area (Å²) in [4.78, 5) is 67.9. The molecule has 0 bridgehead atoms. The number of pyridine rings is 1. The molecule has 4 saturated heterocycles. The number of hydrogen-bond acceptors (Lipinski definition) is 27. The molecule has 38 nitrogen and oxygen atoms in total. The molecule has 3 amide bonds. The van der Waals surface area contributed by atoms with Crippen molar-refractivity contribution in [3.63, 3.8) is 0 Å². The Morgan fingerprint density at radius 1 is 0.610 bits per heavy atom. The van der Waals surface area contributed by atoms with Gasteiger partial charge in [0.25, 0.3) is 20.4 Å². The number of fused-ring (bicyclic) bond motifs is 2. The number of alkyl halides is 3. The average Bonchev–Trinajstić information content (AvgIpc) is 0.769. The number of nitrogens with two attached hydrogens (primary N) is 2. The second-order valence-corrected chi connectivity index (χ2v) is 38.4. The monoisotopic (exact) mass is 1780 g/mol. The molecule has 4 aliphatic heterocycles. The van der Waals surface area contributed by atoms with Crippen LogP contribution in [0.15, 0.2) is 78.0 Å². The fourth-order valence-corrected chi connectivity index (χ4v) is 12.5. The number of aromatic nitrogens is 5. The highest BCUT2D eigenvalue weighted by atomic mass is 35.5. The number of carboxylic acids is 1. The quantitative estimate of drug-likeness (QED) is 0.0153. The molecule has 4 aliphatic rings. The first-order valence-electron chi connectivity index (χ1n) is 36.6. The summed E-state index contributed by atoms with van der Waals surface area (Å²) in [6, 6.07) is 14.4. The van der Waals surface area contributed by atoms with E-state index in [1.165, 1.54) is 48.5 Å². The summed E-state index contributed by atoms with van der Waals surface area (Å²) in [6.07, 6.45) is 1.23. The molecule has 46 heteroatoms. The van der Waals surface area contributed by atoms with Gasteiger partial charge in [-0.05, 0) is 163 Å². The van der Waals surface area contributed by atoms with Crippen molar-refractivity contribution in [1.29, 1.82) is 0 Å². The molecule has 3 aromatic heterocycles. The summed E-state index contributed by atoms with van der Waals surface area (Å²) < 4.78 is 163. The molecule has 7 heterocycles. The minimum atomic E-state index is -5.08.